The number of nitrogens with two attached hydrogens (primary N) is 1. The summed E-state index contributed by atoms with van der Waals surface area (Å²) in [7, 11) is 0. The first-order valence-corrected chi connectivity index (χ1v) is 8.35. The van der Waals surface area contributed by atoms with Crippen LogP contribution in [0.25, 0.3) is 0 Å². The maximum atomic E-state index is 12.0. The van der Waals surface area contributed by atoms with Crippen molar-refractivity contribution >= 4 is 18.3 Å². The quantitative estimate of drug-likeness (QED) is 0.758. The molecule has 3 atom stereocenters. The lowest BCUT2D eigenvalue weighted by Gasteiger charge is -2.23. The molecule has 0 heterocycles. The fourth-order valence-electron chi connectivity index (χ4n) is 3.73. The van der Waals surface area contributed by atoms with Crippen LogP contribution in [0.5, 0.6) is 0 Å². The molecule has 3 N–H and O–H groups in total. The summed E-state index contributed by atoms with van der Waals surface area (Å²) in [6.45, 7) is 3.57. The molecule has 2 saturated carbocycles. The van der Waals surface area contributed by atoms with Gasteiger partial charge in [0.2, 0.25) is 5.91 Å². The van der Waals surface area contributed by atoms with Gasteiger partial charge < -0.3 is 15.8 Å². The lowest BCUT2D eigenvalue weighted by molar-refractivity contribution is -0.125. The van der Waals surface area contributed by atoms with Crippen molar-refractivity contribution in [3.05, 3.63) is 0 Å². The molecule has 2 fully saturated rings. The van der Waals surface area contributed by atoms with Crippen LogP contribution in [0.1, 0.15) is 58.3 Å². The van der Waals surface area contributed by atoms with Crippen LogP contribution in [0, 0.1) is 11.8 Å². The van der Waals surface area contributed by atoms with Crippen LogP contribution in [0.2, 0.25) is 0 Å². The highest BCUT2D eigenvalue weighted by molar-refractivity contribution is 5.85. The number of carbonyl (C=O) groups is 1. The van der Waals surface area contributed by atoms with Crippen molar-refractivity contribution in [3.8, 4) is 0 Å². The van der Waals surface area contributed by atoms with E-state index in [9.17, 15) is 4.79 Å². The first kappa shape index (κ1) is 18.7. The molecule has 0 saturated heterocycles. The van der Waals surface area contributed by atoms with Crippen LogP contribution < -0.4 is 11.1 Å². The van der Waals surface area contributed by atoms with Gasteiger partial charge in [0, 0.05) is 25.1 Å². The molecule has 0 aromatic heterocycles. The maximum Gasteiger partial charge on any atom is 0.223 e. The largest absolute Gasteiger partial charge is 0.378 e. The van der Waals surface area contributed by atoms with Crippen LogP contribution in [0.15, 0.2) is 0 Å². The highest BCUT2D eigenvalue weighted by Gasteiger charge is 2.28. The topological polar surface area (TPSA) is 64.3 Å². The lowest BCUT2D eigenvalue weighted by Crippen LogP contribution is -2.34. The number of carbonyl (C=O) groups excluding carboxylic acids is 1. The van der Waals surface area contributed by atoms with E-state index in [1.54, 1.807) is 0 Å². The second-order valence-electron chi connectivity index (χ2n) is 6.39. The van der Waals surface area contributed by atoms with E-state index in [0.29, 0.717) is 12.0 Å². The Bertz CT molecular complexity index is 309. The average Bonchev–Trinajstić information content (AvgIpc) is 3.08. The van der Waals surface area contributed by atoms with E-state index < -0.39 is 0 Å². The molecule has 0 radical (unpaired) electrons. The highest BCUT2D eigenvalue weighted by Crippen LogP contribution is 2.30. The number of hydrogen-bond acceptors (Lipinski definition) is 3. The van der Waals surface area contributed by atoms with Crippen molar-refractivity contribution in [1.82, 2.24) is 5.32 Å². The third-order valence-corrected chi connectivity index (χ3v) is 4.88. The van der Waals surface area contributed by atoms with Crippen LogP contribution in [0.3, 0.4) is 0 Å². The van der Waals surface area contributed by atoms with E-state index in [1.165, 1.54) is 25.7 Å². The summed E-state index contributed by atoms with van der Waals surface area (Å²) < 4.78 is 5.88. The summed E-state index contributed by atoms with van der Waals surface area (Å²) >= 11 is 0. The third kappa shape index (κ3) is 5.76. The molecular formula is C16H31ClN2O2. The first-order valence-electron chi connectivity index (χ1n) is 8.35. The van der Waals surface area contributed by atoms with E-state index in [-0.39, 0.29) is 30.3 Å². The highest BCUT2D eigenvalue weighted by atomic mass is 35.5. The summed E-state index contributed by atoms with van der Waals surface area (Å²) in [4.78, 5) is 12.0. The van der Waals surface area contributed by atoms with Gasteiger partial charge in [-0.05, 0) is 51.4 Å². The van der Waals surface area contributed by atoms with E-state index >= 15 is 0 Å². The van der Waals surface area contributed by atoms with E-state index in [4.69, 9.17) is 10.5 Å². The standard InChI is InChI=1S/C16H30N2O2.ClH/c1-2-20-15(12-5-3-4-6-12)9-10-18-16(19)13-7-8-14(17)11-13;/h12-15H,2-11,17H2,1H3,(H,18,19);1H. The normalized spacial score (nSPS) is 27.3. The molecule has 0 spiro atoms. The van der Waals surface area contributed by atoms with Gasteiger partial charge in [-0.3, -0.25) is 4.79 Å². The Labute approximate surface area is 135 Å². The lowest BCUT2D eigenvalue weighted by atomic mass is 9.98. The van der Waals surface area contributed by atoms with Gasteiger partial charge in [0.05, 0.1) is 6.10 Å². The second-order valence-corrected chi connectivity index (χ2v) is 6.39. The minimum atomic E-state index is 0. The van der Waals surface area contributed by atoms with Crippen LogP contribution >= 0.6 is 12.4 Å². The van der Waals surface area contributed by atoms with Crippen molar-refractivity contribution in [2.45, 2.75) is 70.4 Å². The fourth-order valence-corrected chi connectivity index (χ4v) is 3.73. The maximum absolute atomic E-state index is 12.0. The Morgan fingerprint density at radius 2 is 2.00 bits per heavy atom. The van der Waals surface area contributed by atoms with E-state index in [0.717, 1.165) is 38.8 Å². The molecule has 0 bridgehead atoms. The van der Waals surface area contributed by atoms with Crippen molar-refractivity contribution < 1.29 is 9.53 Å². The zero-order valence-electron chi connectivity index (χ0n) is 13.2. The van der Waals surface area contributed by atoms with Crippen LogP contribution in [0.4, 0.5) is 0 Å². The van der Waals surface area contributed by atoms with Crippen molar-refractivity contribution in [2.24, 2.45) is 17.6 Å². The minimum Gasteiger partial charge on any atom is -0.378 e. The molecule has 5 heteroatoms. The zero-order valence-corrected chi connectivity index (χ0v) is 14.0. The molecule has 124 valence electrons. The van der Waals surface area contributed by atoms with Crippen molar-refractivity contribution in [1.29, 1.82) is 0 Å². The molecule has 21 heavy (non-hydrogen) atoms. The van der Waals surface area contributed by atoms with E-state index in [1.807, 2.05) is 0 Å². The number of halogens is 1. The van der Waals surface area contributed by atoms with Crippen molar-refractivity contribution in [2.75, 3.05) is 13.2 Å². The number of hydrogen-bond donors (Lipinski definition) is 2. The van der Waals surface area contributed by atoms with Gasteiger partial charge in [-0.25, -0.2) is 0 Å². The number of amides is 1. The smallest absolute Gasteiger partial charge is 0.223 e. The van der Waals surface area contributed by atoms with Gasteiger partial charge in [-0.2, -0.15) is 0 Å². The Kier molecular flexibility index (Phi) is 8.60. The predicted molar refractivity (Wildman–Crippen MR) is 87.6 cm³/mol. The molecule has 2 aliphatic carbocycles. The number of rotatable bonds is 7. The van der Waals surface area contributed by atoms with Gasteiger partial charge in [-0.1, -0.05) is 12.8 Å². The summed E-state index contributed by atoms with van der Waals surface area (Å²) in [5.74, 6) is 1.04. The molecule has 2 rings (SSSR count). The number of nitrogens with one attached hydrogen (secondary N) is 1. The van der Waals surface area contributed by atoms with Crippen molar-refractivity contribution in [3.63, 3.8) is 0 Å². The van der Waals surface area contributed by atoms with Crippen LogP contribution in [-0.4, -0.2) is 31.2 Å². The molecular weight excluding hydrogens is 288 g/mol. The first-order chi connectivity index (χ1) is 9.70. The van der Waals surface area contributed by atoms with Gasteiger partial charge in [-0.15, -0.1) is 12.4 Å². The zero-order chi connectivity index (χ0) is 14.4. The summed E-state index contributed by atoms with van der Waals surface area (Å²) in [5, 5.41) is 3.08. The third-order valence-electron chi connectivity index (χ3n) is 4.88. The Balaban J connectivity index is 0.00000220. The monoisotopic (exact) mass is 318 g/mol. The summed E-state index contributed by atoms with van der Waals surface area (Å²) in [6.07, 6.45) is 9.31. The summed E-state index contributed by atoms with van der Waals surface area (Å²) in [5.41, 5.74) is 5.86. The molecule has 3 unspecified atom stereocenters. The predicted octanol–water partition coefficient (Wildman–Crippen LogP) is 2.64. The van der Waals surface area contributed by atoms with Gasteiger partial charge in [0.25, 0.3) is 0 Å². The second kappa shape index (κ2) is 9.65. The SMILES string of the molecule is CCOC(CCNC(=O)C1CCC(N)C1)C1CCCC1.Cl. The molecule has 0 aromatic carbocycles. The molecule has 2 aliphatic rings. The van der Waals surface area contributed by atoms with Gasteiger partial charge >= 0.3 is 0 Å². The molecule has 0 aliphatic heterocycles. The molecule has 4 nitrogen and oxygen atoms in total. The van der Waals surface area contributed by atoms with Gasteiger partial charge in [0.15, 0.2) is 0 Å². The Morgan fingerprint density at radius 1 is 1.29 bits per heavy atom. The fraction of sp³-hybridized carbons (Fsp3) is 0.938. The minimum absolute atomic E-state index is 0. The van der Waals surface area contributed by atoms with E-state index in [2.05, 4.69) is 12.2 Å². The summed E-state index contributed by atoms with van der Waals surface area (Å²) in [6, 6.07) is 0.223. The average molecular weight is 319 g/mol. The molecule has 0 aromatic rings. The Morgan fingerprint density at radius 3 is 2.57 bits per heavy atom. The number of ether oxygens (including phenoxy) is 1. The molecule has 1 amide bonds. The van der Waals surface area contributed by atoms with Gasteiger partial charge in [0.1, 0.15) is 0 Å². The van der Waals surface area contributed by atoms with Crippen LogP contribution in [-0.2, 0) is 9.53 Å². The Hall–Kier alpha value is -0.320.